The Morgan fingerprint density at radius 1 is 1.56 bits per heavy atom. The number of aromatic nitrogens is 1. The molecule has 1 N–H and O–H groups in total. The van der Waals surface area contributed by atoms with E-state index in [-0.39, 0.29) is 9.26 Å². The first kappa shape index (κ1) is 14.8. The van der Waals surface area contributed by atoms with Gasteiger partial charge in [0.25, 0.3) is 0 Å². The summed E-state index contributed by atoms with van der Waals surface area (Å²) in [6.45, 7) is 0. The lowest BCUT2D eigenvalue weighted by Gasteiger charge is -2.14. The van der Waals surface area contributed by atoms with Crippen molar-refractivity contribution in [2.45, 2.75) is 12.8 Å². The fourth-order valence-corrected chi connectivity index (χ4v) is 1.61. The maximum absolute atomic E-state index is 12.2. The van der Waals surface area contributed by atoms with Crippen LogP contribution in [0, 0.1) is 3.57 Å². The van der Waals surface area contributed by atoms with Gasteiger partial charge in [0.15, 0.2) is 11.5 Å². The van der Waals surface area contributed by atoms with E-state index in [1.54, 1.807) is 0 Å². The van der Waals surface area contributed by atoms with Gasteiger partial charge in [0.2, 0.25) is 0 Å². The van der Waals surface area contributed by atoms with Crippen LogP contribution in [0.2, 0.25) is 0 Å². The quantitative estimate of drug-likeness (QED) is 0.645. The van der Waals surface area contributed by atoms with Crippen molar-refractivity contribution in [2.24, 2.45) is 0 Å². The van der Waals surface area contributed by atoms with Crippen LogP contribution in [-0.4, -0.2) is 29.5 Å². The predicted octanol–water partition coefficient (Wildman–Crippen LogP) is 2.01. The average molecular weight is 377 g/mol. The summed E-state index contributed by atoms with van der Waals surface area (Å²) in [5.41, 5.74) is -0.263. The highest BCUT2D eigenvalue weighted by atomic mass is 127. The van der Waals surface area contributed by atoms with Gasteiger partial charge in [0, 0.05) is 0 Å². The number of carbonyl (C=O) groups excluding carboxylic acids is 1. The normalized spacial score (nSPS) is 11.2. The summed E-state index contributed by atoms with van der Waals surface area (Å²) in [5.74, 6) is -1.94. The third-order valence-corrected chi connectivity index (χ3v) is 2.83. The molecule has 0 aromatic carbocycles. The van der Waals surface area contributed by atoms with Crippen molar-refractivity contribution in [2.75, 3.05) is 7.11 Å². The van der Waals surface area contributed by atoms with Crippen LogP contribution < -0.4 is 4.74 Å². The zero-order valence-corrected chi connectivity index (χ0v) is 11.1. The Bertz CT molecular complexity index is 464. The molecule has 0 saturated carbocycles. The molecule has 0 bridgehead atoms. The van der Waals surface area contributed by atoms with E-state index in [0.29, 0.717) is 0 Å². The van der Waals surface area contributed by atoms with Gasteiger partial charge < -0.3 is 14.6 Å². The number of alkyl halides is 3. The minimum Gasteiger partial charge on any atom is -0.505 e. The average Bonchev–Trinajstić information content (AvgIpc) is 2.27. The summed E-state index contributed by atoms with van der Waals surface area (Å²) in [5, 5.41) is 9.28. The molecule has 9 heteroatoms. The molecule has 0 atom stereocenters. The second kappa shape index (κ2) is 5.59. The Balaban J connectivity index is 3.17. The number of ether oxygens (including phenoxy) is 2. The first-order chi connectivity index (χ1) is 8.24. The number of nitrogens with zero attached hydrogens (tertiary/aromatic N) is 1. The summed E-state index contributed by atoms with van der Waals surface area (Å²) in [4.78, 5) is 14.6. The van der Waals surface area contributed by atoms with Crippen molar-refractivity contribution < 1.29 is 32.5 Å². The zero-order chi connectivity index (χ0) is 13.9. The maximum Gasteiger partial charge on any atom is 0.573 e. The molecule has 100 valence electrons. The number of aromatic hydroxyl groups is 1. The van der Waals surface area contributed by atoms with Crippen molar-refractivity contribution in [1.29, 1.82) is 0 Å². The second-order valence-corrected chi connectivity index (χ2v) is 4.11. The van der Waals surface area contributed by atoms with Gasteiger partial charge in [-0.25, -0.2) is 0 Å². The molecule has 1 heterocycles. The number of methoxy groups -OCH3 is 1. The molecule has 5 nitrogen and oxygen atoms in total. The fraction of sp³-hybridized carbons (Fsp3) is 0.333. The molecule has 0 radical (unpaired) electrons. The highest BCUT2D eigenvalue weighted by Crippen LogP contribution is 2.35. The molecule has 0 fully saturated rings. The summed E-state index contributed by atoms with van der Waals surface area (Å²) in [7, 11) is 1.10. The van der Waals surface area contributed by atoms with Crippen molar-refractivity contribution in [3.8, 4) is 11.5 Å². The van der Waals surface area contributed by atoms with Crippen LogP contribution in [0.15, 0.2) is 6.20 Å². The molecule has 18 heavy (non-hydrogen) atoms. The molecule has 0 aliphatic heterocycles. The van der Waals surface area contributed by atoms with Gasteiger partial charge in [0.05, 0.1) is 25.4 Å². The Labute approximate surface area is 113 Å². The molecule has 1 aromatic rings. The van der Waals surface area contributed by atoms with Crippen LogP contribution in [-0.2, 0) is 16.0 Å². The highest BCUT2D eigenvalue weighted by molar-refractivity contribution is 14.1. The van der Waals surface area contributed by atoms with Crippen molar-refractivity contribution in [3.63, 3.8) is 0 Å². The van der Waals surface area contributed by atoms with E-state index < -0.39 is 30.3 Å². The van der Waals surface area contributed by atoms with Crippen LogP contribution in [0.4, 0.5) is 13.2 Å². The molecule has 0 saturated heterocycles. The Morgan fingerprint density at radius 2 is 2.17 bits per heavy atom. The number of pyridine rings is 1. The van der Waals surface area contributed by atoms with E-state index in [0.717, 1.165) is 13.3 Å². The number of esters is 1. The lowest BCUT2D eigenvalue weighted by Crippen LogP contribution is -2.20. The predicted molar refractivity (Wildman–Crippen MR) is 61.0 cm³/mol. The lowest BCUT2D eigenvalue weighted by molar-refractivity contribution is -0.275. The molecular weight excluding hydrogens is 370 g/mol. The van der Waals surface area contributed by atoms with Gasteiger partial charge in [-0.1, -0.05) is 0 Å². The van der Waals surface area contributed by atoms with Crippen molar-refractivity contribution in [3.05, 3.63) is 15.5 Å². The number of hydrogen-bond donors (Lipinski definition) is 1. The Kier molecular flexibility index (Phi) is 4.59. The smallest absolute Gasteiger partial charge is 0.505 e. The summed E-state index contributed by atoms with van der Waals surface area (Å²) in [6, 6.07) is 0. The molecule has 0 amide bonds. The van der Waals surface area contributed by atoms with Gasteiger partial charge in [-0.3, -0.25) is 9.78 Å². The minimum atomic E-state index is -4.94. The molecule has 0 spiro atoms. The monoisotopic (exact) mass is 377 g/mol. The van der Waals surface area contributed by atoms with E-state index in [9.17, 15) is 23.1 Å². The van der Waals surface area contributed by atoms with Crippen molar-refractivity contribution in [1.82, 2.24) is 4.98 Å². The standard InChI is InChI=1S/C9H7F3INO4/c1-17-6(16)2-4-8(18-9(10,11)12)7(13)5(15)3-14-4/h3,15H,2H2,1H3. The van der Waals surface area contributed by atoms with Crippen LogP contribution in [0.5, 0.6) is 11.5 Å². The van der Waals surface area contributed by atoms with Crippen molar-refractivity contribution >= 4 is 28.6 Å². The van der Waals surface area contributed by atoms with Gasteiger partial charge in [-0.2, -0.15) is 0 Å². The van der Waals surface area contributed by atoms with Crippen LogP contribution in [0.3, 0.4) is 0 Å². The van der Waals surface area contributed by atoms with E-state index in [1.807, 2.05) is 0 Å². The molecule has 0 aliphatic rings. The van der Waals surface area contributed by atoms with Gasteiger partial charge in [-0.05, 0) is 22.6 Å². The molecule has 1 rings (SSSR count). The third kappa shape index (κ3) is 3.89. The number of carbonyl (C=O) groups is 1. The summed E-state index contributed by atoms with van der Waals surface area (Å²) in [6.07, 6.45) is -4.50. The number of rotatable bonds is 3. The summed E-state index contributed by atoms with van der Waals surface area (Å²) >= 11 is 1.46. The molecular formula is C9H7F3INO4. The van der Waals surface area contributed by atoms with Gasteiger partial charge in [-0.15, -0.1) is 13.2 Å². The maximum atomic E-state index is 12.2. The van der Waals surface area contributed by atoms with Crippen LogP contribution in [0.25, 0.3) is 0 Å². The lowest BCUT2D eigenvalue weighted by atomic mass is 10.2. The second-order valence-electron chi connectivity index (χ2n) is 3.03. The third-order valence-electron chi connectivity index (χ3n) is 1.79. The van der Waals surface area contributed by atoms with Crippen LogP contribution in [0.1, 0.15) is 5.69 Å². The molecule has 0 unspecified atom stereocenters. The van der Waals surface area contributed by atoms with E-state index in [2.05, 4.69) is 14.5 Å². The molecule has 0 aliphatic carbocycles. The van der Waals surface area contributed by atoms with Crippen LogP contribution >= 0.6 is 22.6 Å². The fourth-order valence-electron chi connectivity index (χ4n) is 1.05. The molecule has 1 aromatic heterocycles. The summed E-state index contributed by atoms with van der Waals surface area (Å²) < 4.78 is 44.5. The van der Waals surface area contributed by atoms with E-state index >= 15 is 0 Å². The largest absolute Gasteiger partial charge is 0.573 e. The number of halogens is 4. The first-order valence-electron chi connectivity index (χ1n) is 4.43. The highest BCUT2D eigenvalue weighted by Gasteiger charge is 2.34. The van der Waals surface area contributed by atoms with Gasteiger partial charge >= 0.3 is 12.3 Å². The van der Waals surface area contributed by atoms with E-state index in [1.165, 1.54) is 22.6 Å². The number of hydrogen-bond acceptors (Lipinski definition) is 5. The first-order valence-corrected chi connectivity index (χ1v) is 5.51. The SMILES string of the molecule is COC(=O)Cc1ncc(O)c(I)c1OC(F)(F)F. The zero-order valence-electron chi connectivity index (χ0n) is 8.92. The van der Waals surface area contributed by atoms with Gasteiger partial charge in [0.1, 0.15) is 3.57 Å². The topological polar surface area (TPSA) is 68.7 Å². The Morgan fingerprint density at radius 3 is 2.67 bits per heavy atom. The Hall–Kier alpha value is -1.26. The minimum absolute atomic E-state index is 0.182. The van der Waals surface area contributed by atoms with E-state index in [4.69, 9.17) is 0 Å².